The van der Waals surface area contributed by atoms with Gasteiger partial charge >= 0.3 is 0 Å². The van der Waals surface area contributed by atoms with E-state index < -0.39 is 0 Å². The summed E-state index contributed by atoms with van der Waals surface area (Å²) in [5.41, 5.74) is 2.09. The number of hydrogen-bond donors (Lipinski definition) is 1. The van der Waals surface area contributed by atoms with Crippen molar-refractivity contribution >= 4 is 17.5 Å². The predicted molar refractivity (Wildman–Crippen MR) is 93.1 cm³/mol. The monoisotopic (exact) mass is 324 g/mol. The van der Waals surface area contributed by atoms with E-state index in [4.69, 9.17) is 0 Å². The van der Waals surface area contributed by atoms with Gasteiger partial charge in [0.2, 0.25) is 5.91 Å². The quantitative estimate of drug-likeness (QED) is 0.905. The second-order valence-corrected chi connectivity index (χ2v) is 7.46. The van der Waals surface area contributed by atoms with Gasteiger partial charge in [0, 0.05) is 23.4 Å². The van der Waals surface area contributed by atoms with Crippen molar-refractivity contribution < 1.29 is 9.59 Å². The number of nitrogens with zero attached hydrogens (tertiary/aromatic N) is 1. The van der Waals surface area contributed by atoms with Crippen molar-refractivity contribution in [1.82, 2.24) is 10.2 Å². The summed E-state index contributed by atoms with van der Waals surface area (Å²) in [6.07, 6.45) is 6.61. The molecule has 3 aliphatic rings. The van der Waals surface area contributed by atoms with Crippen LogP contribution in [0.5, 0.6) is 0 Å². The molecule has 2 fully saturated rings. The van der Waals surface area contributed by atoms with Crippen LogP contribution in [0.25, 0.3) is 5.70 Å². The lowest BCUT2D eigenvalue weighted by atomic mass is 9.86. The van der Waals surface area contributed by atoms with Gasteiger partial charge in [-0.3, -0.25) is 14.5 Å². The molecule has 3 atom stereocenters. The highest BCUT2D eigenvalue weighted by Gasteiger charge is 2.39. The average molecular weight is 324 g/mol. The van der Waals surface area contributed by atoms with Crippen LogP contribution in [0.4, 0.5) is 0 Å². The number of rotatable bonds is 5. The van der Waals surface area contributed by atoms with E-state index in [1.54, 1.807) is 6.07 Å². The van der Waals surface area contributed by atoms with Crippen molar-refractivity contribution in [1.29, 1.82) is 0 Å². The third-order valence-corrected chi connectivity index (χ3v) is 6.06. The summed E-state index contributed by atoms with van der Waals surface area (Å²) in [4.78, 5) is 26.1. The molecule has 0 radical (unpaired) electrons. The summed E-state index contributed by atoms with van der Waals surface area (Å²) in [6.45, 7) is 4.75. The van der Waals surface area contributed by atoms with Crippen molar-refractivity contribution in [3.63, 3.8) is 0 Å². The Hall–Kier alpha value is -2.10. The fourth-order valence-corrected chi connectivity index (χ4v) is 4.83. The Morgan fingerprint density at radius 1 is 1.21 bits per heavy atom. The van der Waals surface area contributed by atoms with E-state index in [2.05, 4.69) is 11.9 Å². The molecule has 4 nitrogen and oxygen atoms in total. The Morgan fingerprint density at radius 3 is 2.67 bits per heavy atom. The maximum absolute atomic E-state index is 12.4. The molecular weight excluding hydrogens is 300 g/mol. The molecular formula is C20H24N2O2. The number of benzene rings is 1. The van der Waals surface area contributed by atoms with Crippen LogP contribution in [-0.4, -0.2) is 29.8 Å². The first-order valence-electron chi connectivity index (χ1n) is 9.00. The third-order valence-electron chi connectivity index (χ3n) is 6.06. The topological polar surface area (TPSA) is 49.4 Å². The van der Waals surface area contributed by atoms with E-state index in [0.29, 0.717) is 17.8 Å². The van der Waals surface area contributed by atoms with Gasteiger partial charge in [0.05, 0.1) is 0 Å². The molecule has 1 heterocycles. The molecule has 1 N–H and O–H groups in total. The molecule has 2 saturated carbocycles. The SMILES string of the molecule is C=C1c2ccccc2C(=O)N1CC(=O)NCC[C@@H]1C[C@H]2CC[C@H]1C2. The Bertz CT molecular complexity index is 662. The van der Waals surface area contributed by atoms with E-state index in [1.165, 1.54) is 30.6 Å². The molecule has 1 aromatic carbocycles. The first-order chi connectivity index (χ1) is 11.6. The van der Waals surface area contributed by atoms with Crippen molar-refractivity contribution in [2.24, 2.45) is 17.8 Å². The molecule has 126 valence electrons. The second kappa shape index (κ2) is 6.08. The lowest BCUT2D eigenvalue weighted by Gasteiger charge is -2.22. The first kappa shape index (κ1) is 15.4. The van der Waals surface area contributed by atoms with Gasteiger partial charge in [0.25, 0.3) is 5.91 Å². The number of carbonyl (C=O) groups is 2. The smallest absolute Gasteiger partial charge is 0.259 e. The summed E-state index contributed by atoms with van der Waals surface area (Å²) >= 11 is 0. The normalized spacial score (nSPS) is 27.7. The van der Waals surface area contributed by atoms with Gasteiger partial charge in [-0.05, 0) is 49.5 Å². The summed E-state index contributed by atoms with van der Waals surface area (Å²) < 4.78 is 0. The summed E-state index contributed by atoms with van der Waals surface area (Å²) in [5.74, 6) is 2.40. The van der Waals surface area contributed by atoms with Gasteiger partial charge in [-0.15, -0.1) is 0 Å². The van der Waals surface area contributed by atoms with Gasteiger partial charge < -0.3 is 5.32 Å². The largest absolute Gasteiger partial charge is 0.355 e. The minimum Gasteiger partial charge on any atom is -0.355 e. The summed E-state index contributed by atoms with van der Waals surface area (Å²) in [7, 11) is 0. The standard InChI is InChI=1S/C20H24N2O2/c1-13-17-4-2-3-5-18(17)20(24)22(13)12-19(23)21-9-8-16-11-14-6-7-15(16)10-14/h2-5,14-16H,1,6-12H2,(H,21,23)/t14-,15-,16+/m0/s1. The minimum absolute atomic E-state index is 0.0586. The van der Waals surface area contributed by atoms with E-state index in [1.807, 2.05) is 18.2 Å². The minimum atomic E-state index is -0.126. The zero-order valence-electron chi connectivity index (χ0n) is 14.0. The predicted octanol–water partition coefficient (Wildman–Crippen LogP) is 3.06. The summed E-state index contributed by atoms with van der Waals surface area (Å²) in [6, 6.07) is 7.39. The zero-order valence-corrected chi connectivity index (χ0v) is 14.0. The lowest BCUT2D eigenvalue weighted by molar-refractivity contribution is -0.121. The summed E-state index contributed by atoms with van der Waals surface area (Å²) in [5, 5.41) is 2.99. The molecule has 1 aliphatic heterocycles. The van der Waals surface area contributed by atoms with Crippen LogP contribution >= 0.6 is 0 Å². The molecule has 2 aliphatic carbocycles. The van der Waals surface area contributed by atoms with Crippen LogP contribution in [0.2, 0.25) is 0 Å². The van der Waals surface area contributed by atoms with E-state index in [9.17, 15) is 9.59 Å². The van der Waals surface area contributed by atoms with Crippen LogP contribution in [-0.2, 0) is 4.79 Å². The molecule has 4 rings (SSSR count). The Morgan fingerprint density at radius 2 is 2.00 bits per heavy atom. The number of hydrogen-bond acceptors (Lipinski definition) is 2. The van der Waals surface area contributed by atoms with Crippen LogP contribution in [0.3, 0.4) is 0 Å². The van der Waals surface area contributed by atoms with E-state index >= 15 is 0 Å². The number of fused-ring (bicyclic) bond motifs is 3. The van der Waals surface area contributed by atoms with E-state index in [0.717, 1.165) is 29.7 Å². The number of nitrogens with one attached hydrogen (secondary N) is 1. The first-order valence-corrected chi connectivity index (χ1v) is 9.00. The lowest BCUT2D eigenvalue weighted by Crippen LogP contribution is -2.37. The Balaban J connectivity index is 1.28. The highest BCUT2D eigenvalue weighted by Crippen LogP contribution is 2.49. The van der Waals surface area contributed by atoms with Crippen LogP contribution in [0, 0.1) is 17.8 Å². The molecule has 0 aromatic heterocycles. The second-order valence-electron chi connectivity index (χ2n) is 7.46. The fraction of sp³-hybridized carbons (Fsp3) is 0.500. The Kier molecular flexibility index (Phi) is 3.91. The number of amides is 2. The van der Waals surface area contributed by atoms with Gasteiger partial charge in [0.1, 0.15) is 6.54 Å². The maximum atomic E-state index is 12.4. The zero-order chi connectivity index (χ0) is 16.7. The van der Waals surface area contributed by atoms with Crippen LogP contribution in [0.1, 0.15) is 48.0 Å². The molecule has 2 amide bonds. The average Bonchev–Trinajstić information content (AvgIpc) is 3.26. The van der Waals surface area contributed by atoms with Gasteiger partial charge in [0.15, 0.2) is 0 Å². The van der Waals surface area contributed by atoms with Gasteiger partial charge in [-0.25, -0.2) is 0 Å². The van der Waals surface area contributed by atoms with Crippen molar-refractivity contribution in [2.75, 3.05) is 13.1 Å². The third kappa shape index (κ3) is 2.64. The van der Waals surface area contributed by atoms with Crippen molar-refractivity contribution in [3.8, 4) is 0 Å². The Labute approximate surface area is 142 Å². The molecule has 0 unspecified atom stereocenters. The van der Waals surface area contributed by atoms with Crippen LogP contribution in [0.15, 0.2) is 30.8 Å². The van der Waals surface area contributed by atoms with Gasteiger partial charge in [-0.2, -0.15) is 0 Å². The molecule has 0 saturated heterocycles. The molecule has 1 aromatic rings. The molecule has 24 heavy (non-hydrogen) atoms. The maximum Gasteiger partial charge on any atom is 0.259 e. The molecule has 2 bridgehead atoms. The highest BCUT2D eigenvalue weighted by molar-refractivity contribution is 6.10. The van der Waals surface area contributed by atoms with E-state index in [-0.39, 0.29) is 18.4 Å². The van der Waals surface area contributed by atoms with Crippen molar-refractivity contribution in [2.45, 2.75) is 32.1 Å². The fourth-order valence-electron chi connectivity index (χ4n) is 4.83. The van der Waals surface area contributed by atoms with Crippen LogP contribution < -0.4 is 5.32 Å². The van der Waals surface area contributed by atoms with Gasteiger partial charge in [-0.1, -0.05) is 31.2 Å². The van der Waals surface area contributed by atoms with Crippen molar-refractivity contribution in [3.05, 3.63) is 42.0 Å². The number of carbonyl (C=O) groups excluding carboxylic acids is 2. The highest BCUT2D eigenvalue weighted by atomic mass is 16.2. The molecule has 4 heteroatoms. The molecule has 0 spiro atoms.